The van der Waals surface area contributed by atoms with Crippen molar-refractivity contribution >= 4 is 0 Å². The number of benzene rings is 1. The number of hydrogen-bond acceptors (Lipinski definition) is 1. The summed E-state index contributed by atoms with van der Waals surface area (Å²) in [4.78, 5) is 0. The lowest BCUT2D eigenvalue weighted by Gasteiger charge is -2.13. The van der Waals surface area contributed by atoms with Gasteiger partial charge >= 0.3 is 0 Å². The maximum Gasteiger partial charge on any atom is 0.264 e. The van der Waals surface area contributed by atoms with Gasteiger partial charge < -0.3 is 5.11 Å². The fourth-order valence-electron chi connectivity index (χ4n) is 1.26. The lowest BCUT2D eigenvalue weighted by atomic mass is 10.0. The van der Waals surface area contributed by atoms with Crippen molar-refractivity contribution in [2.24, 2.45) is 0 Å². The second-order valence-electron chi connectivity index (χ2n) is 3.00. The standard InChI is InChI=1S/C10H11F3O/c1-2-9(14)7-4-3-6(11)5-8(7)10(12)13/h3-5,9-10,14H,2H2,1H3. The maximum absolute atomic E-state index is 12.7. The van der Waals surface area contributed by atoms with Gasteiger partial charge in [0.2, 0.25) is 0 Å². The number of aliphatic hydroxyl groups excluding tert-OH is 1. The van der Waals surface area contributed by atoms with E-state index in [0.717, 1.165) is 12.1 Å². The van der Waals surface area contributed by atoms with Crippen molar-refractivity contribution in [2.75, 3.05) is 0 Å². The molecule has 1 unspecified atom stereocenters. The molecule has 0 fully saturated rings. The number of hydrogen-bond donors (Lipinski definition) is 1. The van der Waals surface area contributed by atoms with Crippen LogP contribution in [0.4, 0.5) is 13.2 Å². The van der Waals surface area contributed by atoms with Gasteiger partial charge in [0.05, 0.1) is 6.10 Å². The van der Waals surface area contributed by atoms with Crippen molar-refractivity contribution in [3.05, 3.63) is 35.1 Å². The van der Waals surface area contributed by atoms with E-state index in [-0.39, 0.29) is 5.56 Å². The van der Waals surface area contributed by atoms with E-state index in [1.807, 2.05) is 0 Å². The molecule has 0 saturated carbocycles. The van der Waals surface area contributed by atoms with Crippen molar-refractivity contribution < 1.29 is 18.3 Å². The lowest BCUT2D eigenvalue weighted by molar-refractivity contribution is 0.134. The van der Waals surface area contributed by atoms with Gasteiger partial charge in [0.15, 0.2) is 0 Å². The molecule has 78 valence electrons. The molecule has 1 aromatic carbocycles. The SMILES string of the molecule is CCC(O)c1ccc(F)cc1C(F)F. The van der Waals surface area contributed by atoms with Gasteiger partial charge in [-0.05, 0) is 24.1 Å². The Bertz CT molecular complexity index is 312. The molecule has 0 aliphatic carbocycles. The fourth-order valence-corrected chi connectivity index (χ4v) is 1.26. The predicted octanol–water partition coefficient (Wildman–Crippen LogP) is 3.21. The first kappa shape index (κ1) is 11.0. The zero-order valence-electron chi connectivity index (χ0n) is 7.67. The lowest BCUT2D eigenvalue weighted by Crippen LogP contribution is -2.02. The smallest absolute Gasteiger partial charge is 0.264 e. The molecule has 0 bridgehead atoms. The normalized spacial score (nSPS) is 13.3. The Morgan fingerprint density at radius 1 is 1.29 bits per heavy atom. The van der Waals surface area contributed by atoms with Crippen LogP contribution in [0.5, 0.6) is 0 Å². The average Bonchev–Trinajstić information content (AvgIpc) is 2.16. The molecule has 1 aromatic rings. The van der Waals surface area contributed by atoms with Gasteiger partial charge in [-0.2, -0.15) is 0 Å². The summed E-state index contributed by atoms with van der Waals surface area (Å²) in [5.74, 6) is -0.715. The van der Waals surface area contributed by atoms with E-state index < -0.39 is 23.9 Å². The third-order valence-corrected chi connectivity index (χ3v) is 2.03. The van der Waals surface area contributed by atoms with Crippen LogP contribution in [0.2, 0.25) is 0 Å². The molecule has 0 aromatic heterocycles. The highest BCUT2D eigenvalue weighted by atomic mass is 19.3. The van der Waals surface area contributed by atoms with Crippen molar-refractivity contribution in [3.8, 4) is 0 Å². The Labute approximate surface area is 80.2 Å². The molecule has 4 heteroatoms. The van der Waals surface area contributed by atoms with Crippen LogP contribution in [0.3, 0.4) is 0 Å². The third kappa shape index (κ3) is 2.26. The van der Waals surface area contributed by atoms with Gasteiger partial charge in [-0.3, -0.25) is 0 Å². The summed E-state index contributed by atoms with van der Waals surface area (Å²) in [7, 11) is 0. The highest BCUT2D eigenvalue weighted by Gasteiger charge is 2.18. The minimum atomic E-state index is -2.76. The molecule has 0 radical (unpaired) electrons. The summed E-state index contributed by atoms with van der Waals surface area (Å²) < 4.78 is 37.5. The van der Waals surface area contributed by atoms with E-state index in [0.29, 0.717) is 6.42 Å². The van der Waals surface area contributed by atoms with Crippen LogP contribution in [0.25, 0.3) is 0 Å². The second kappa shape index (κ2) is 4.46. The van der Waals surface area contributed by atoms with Gasteiger partial charge in [0, 0.05) is 5.56 Å². The third-order valence-electron chi connectivity index (χ3n) is 2.03. The largest absolute Gasteiger partial charge is 0.388 e. The van der Waals surface area contributed by atoms with Gasteiger partial charge in [-0.1, -0.05) is 13.0 Å². The molecule has 1 nitrogen and oxygen atoms in total. The van der Waals surface area contributed by atoms with Crippen LogP contribution in [-0.4, -0.2) is 5.11 Å². The molecule has 0 amide bonds. The molecule has 1 rings (SSSR count). The van der Waals surface area contributed by atoms with Crippen molar-refractivity contribution in [1.29, 1.82) is 0 Å². The number of rotatable bonds is 3. The molecular formula is C10H11F3O. The van der Waals surface area contributed by atoms with Crippen LogP contribution < -0.4 is 0 Å². The van der Waals surface area contributed by atoms with Gasteiger partial charge in [0.1, 0.15) is 5.82 Å². The first-order chi connectivity index (χ1) is 6.56. The molecule has 0 heterocycles. The molecule has 0 saturated heterocycles. The maximum atomic E-state index is 12.7. The quantitative estimate of drug-likeness (QED) is 0.801. The first-order valence-electron chi connectivity index (χ1n) is 4.31. The number of halogens is 3. The van der Waals surface area contributed by atoms with Crippen molar-refractivity contribution in [1.82, 2.24) is 0 Å². The Hall–Kier alpha value is -1.03. The minimum absolute atomic E-state index is 0.101. The summed E-state index contributed by atoms with van der Waals surface area (Å²) in [6.45, 7) is 1.67. The van der Waals surface area contributed by atoms with E-state index in [1.165, 1.54) is 6.07 Å². The summed E-state index contributed by atoms with van der Waals surface area (Å²) >= 11 is 0. The van der Waals surface area contributed by atoms with E-state index in [9.17, 15) is 18.3 Å². The number of aliphatic hydroxyl groups is 1. The van der Waals surface area contributed by atoms with E-state index in [4.69, 9.17) is 0 Å². The number of alkyl halides is 2. The van der Waals surface area contributed by atoms with Crippen LogP contribution in [0, 0.1) is 5.82 Å². The minimum Gasteiger partial charge on any atom is -0.388 e. The highest BCUT2D eigenvalue weighted by molar-refractivity contribution is 5.30. The molecule has 0 spiro atoms. The summed E-state index contributed by atoms with van der Waals surface area (Å²) in [6, 6.07) is 3.03. The molecule has 0 aliphatic heterocycles. The Morgan fingerprint density at radius 2 is 1.93 bits per heavy atom. The van der Waals surface area contributed by atoms with E-state index >= 15 is 0 Å². The molecule has 1 N–H and O–H groups in total. The molecule has 14 heavy (non-hydrogen) atoms. The summed E-state index contributed by atoms with van der Waals surface area (Å²) in [6.07, 6.45) is -3.40. The van der Waals surface area contributed by atoms with Crippen LogP contribution >= 0.6 is 0 Å². The molecule has 1 atom stereocenters. The zero-order chi connectivity index (χ0) is 10.7. The fraction of sp³-hybridized carbons (Fsp3) is 0.400. The molecular weight excluding hydrogens is 193 g/mol. The average molecular weight is 204 g/mol. The van der Waals surface area contributed by atoms with E-state index in [2.05, 4.69) is 0 Å². The second-order valence-corrected chi connectivity index (χ2v) is 3.00. The molecule has 0 aliphatic rings. The summed E-state index contributed by atoms with van der Waals surface area (Å²) in [5, 5.41) is 9.39. The Kier molecular flexibility index (Phi) is 3.52. The Balaban J connectivity index is 3.14. The first-order valence-corrected chi connectivity index (χ1v) is 4.31. The monoisotopic (exact) mass is 204 g/mol. The topological polar surface area (TPSA) is 20.2 Å². The van der Waals surface area contributed by atoms with Crippen LogP contribution in [0.1, 0.15) is 37.0 Å². The van der Waals surface area contributed by atoms with E-state index in [1.54, 1.807) is 6.92 Å². The van der Waals surface area contributed by atoms with Gasteiger partial charge in [-0.25, -0.2) is 13.2 Å². The highest BCUT2D eigenvalue weighted by Crippen LogP contribution is 2.29. The summed E-state index contributed by atoms with van der Waals surface area (Å²) in [5.41, 5.74) is -0.330. The van der Waals surface area contributed by atoms with Gasteiger partial charge in [-0.15, -0.1) is 0 Å². The van der Waals surface area contributed by atoms with Crippen molar-refractivity contribution in [3.63, 3.8) is 0 Å². The predicted molar refractivity (Wildman–Crippen MR) is 46.6 cm³/mol. The van der Waals surface area contributed by atoms with Crippen molar-refractivity contribution in [2.45, 2.75) is 25.9 Å². The Morgan fingerprint density at radius 3 is 2.43 bits per heavy atom. The zero-order valence-corrected chi connectivity index (χ0v) is 7.67. The van der Waals surface area contributed by atoms with Crippen LogP contribution in [-0.2, 0) is 0 Å². The van der Waals surface area contributed by atoms with Crippen LogP contribution in [0.15, 0.2) is 18.2 Å². The van der Waals surface area contributed by atoms with Gasteiger partial charge in [0.25, 0.3) is 6.43 Å².